The molecule has 0 atom stereocenters. The monoisotopic (exact) mass is 788 g/mol. The molecule has 11 aromatic carbocycles. The fraction of sp³-hybridized carbons (Fsp3) is 0. The fourth-order valence-electron chi connectivity index (χ4n) is 9.72. The van der Waals surface area contributed by atoms with E-state index in [1.165, 1.54) is 81.9 Å². The highest BCUT2D eigenvalue weighted by molar-refractivity contribution is 6.11. The van der Waals surface area contributed by atoms with Crippen molar-refractivity contribution in [2.45, 2.75) is 0 Å². The molecule has 0 aliphatic carbocycles. The van der Waals surface area contributed by atoms with Crippen molar-refractivity contribution in [2.24, 2.45) is 0 Å². The first-order chi connectivity index (χ1) is 30.8. The van der Waals surface area contributed by atoms with Gasteiger partial charge in [-0.3, -0.25) is 0 Å². The molecule has 0 aliphatic heterocycles. The van der Waals surface area contributed by atoms with E-state index in [1.54, 1.807) is 0 Å². The maximum Gasteiger partial charge on any atom is 0.0541 e. The number of hydrogen-bond acceptors (Lipinski definition) is 1. The highest BCUT2D eigenvalue weighted by atomic mass is 15.1. The van der Waals surface area contributed by atoms with E-state index in [0.717, 1.165) is 28.3 Å². The van der Waals surface area contributed by atoms with Crippen molar-refractivity contribution in [2.75, 3.05) is 4.90 Å². The van der Waals surface area contributed by atoms with Gasteiger partial charge in [0.25, 0.3) is 0 Å². The van der Waals surface area contributed by atoms with Crippen molar-refractivity contribution in [3.63, 3.8) is 0 Å². The van der Waals surface area contributed by atoms with Gasteiger partial charge in [0.1, 0.15) is 0 Å². The zero-order valence-corrected chi connectivity index (χ0v) is 34.0. The van der Waals surface area contributed by atoms with Crippen LogP contribution in [-0.2, 0) is 0 Å². The van der Waals surface area contributed by atoms with Gasteiger partial charge in [-0.2, -0.15) is 0 Å². The van der Waals surface area contributed by atoms with E-state index in [2.05, 4.69) is 252 Å². The van der Waals surface area contributed by atoms with Crippen LogP contribution in [0.5, 0.6) is 0 Å². The first-order valence-corrected chi connectivity index (χ1v) is 21.3. The fourth-order valence-corrected chi connectivity index (χ4v) is 9.72. The van der Waals surface area contributed by atoms with Gasteiger partial charge in [-0.25, -0.2) is 0 Å². The summed E-state index contributed by atoms with van der Waals surface area (Å²) in [7, 11) is 0. The minimum absolute atomic E-state index is 1.09. The van der Waals surface area contributed by atoms with Crippen LogP contribution >= 0.6 is 0 Å². The van der Waals surface area contributed by atoms with Crippen LogP contribution in [0.2, 0.25) is 0 Å². The third-order valence-corrected chi connectivity index (χ3v) is 12.6. The van der Waals surface area contributed by atoms with Crippen molar-refractivity contribution >= 4 is 71.2 Å². The van der Waals surface area contributed by atoms with Gasteiger partial charge in [-0.05, 0) is 115 Å². The van der Waals surface area contributed by atoms with Gasteiger partial charge >= 0.3 is 0 Å². The second-order valence-corrected chi connectivity index (χ2v) is 16.1. The SMILES string of the molecule is c1cc(-c2cccc3ccccc23)cc(N(c2ccc(-c3cccc(-n4c5ccccc5c5ccccc54)c3)cc2)c2ccc(-c3cccc4ccccc34)c3ccccc23)c1. The van der Waals surface area contributed by atoms with Crippen molar-refractivity contribution in [1.29, 1.82) is 0 Å². The molecule has 1 heterocycles. The Morgan fingerprint density at radius 2 is 0.790 bits per heavy atom. The lowest BCUT2D eigenvalue weighted by Crippen LogP contribution is -2.11. The Hall–Kier alpha value is -8.20. The Morgan fingerprint density at radius 3 is 1.50 bits per heavy atom. The van der Waals surface area contributed by atoms with Gasteiger partial charge in [-0.1, -0.05) is 188 Å². The summed E-state index contributed by atoms with van der Waals surface area (Å²) < 4.78 is 2.39. The summed E-state index contributed by atoms with van der Waals surface area (Å²) in [6, 6.07) is 88.5. The van der Waals surface area contributed by atoms with E-state index in [1.807, 2.05) is 0 Å². The maximum absolute atomic E-state index is 2.43. The van der Waals surface area contributed by atoms with Gasteiger partial charge < -0.3 is 9.47 Å². The molecule has 0 saturated heterocycles. The summed E-state index contributed by atoms with van der Waals surface area (Å²) in [6.07, 6.45) is 0. The van der Waals surface area contributed by atoms with E-state index in [-0.39, 0.29) is 0 Å². The third-order valence-electron chi connectivity index (χ3n) is 12.6. The van der Waals surface area contributed by atoms with E-state index in [4.69, 9.17) is 0 Å². The number of anilines is 3. The van der Waals surface area contributed by atoms with Crippen molar-refractivity contribution in [3.8, 4) is 39.1 Å². The second-order valence-electron chi connectivity index (χ2n) is 16.1. The summed E-state index contributed by atoms with van der Waals surface area (Å²) in [5.41, 5.74) is 14.1. The molecule has 0 fully saturated rings. The molecular weight excluding hydrogens is 749 g/mol. The molecule has 0 aliphatic rings. The molecule has 0 radical (unpaired) electrons. The average molecular weight is 789 g/mol. The number of para-hydroxylation sites is 2. The topological polar surface area (TPSA) is 8.17 Å². The Labute approximate surface area is 360 Å². The van der Waals surface area contributed by atoms with Crippen LogP contribution in [0, 0.1) is 0 Å². The molecule has 12 aromatic rings. The van der Waals surface area contributed by atoms with Gasteiger partial charge in [0.2, 0.25) is 0 Å². The van der Waals surface area contributed by atoms with Crippen LogP contribution in [0.15, 0.2) is 243 Å². The number of hydrogen-bond donors (Lipinski definition) is 0. The van der Waals surface area contributed by atoms with Crippen LogP contribution in [0.3, 0.4) is 0 Å². The van der Waals surface area contributed by atoms with Gasteiger partial charge in [0, 0.05) is 33.2 Å². The lowest BCUT2D eigenvalue weighted by atomic mass is 9.92. The van der Waals surface area contributed by atoms with E-state index in [9.17, 15) is 0 Å². The molecule has 0 amide bonds. The summed E-state index contributed by atoms with van der Waals surface area (Å²) in [5.74, 6) is 0. The molecule has 0 unspecified atom stereocenters. The highest BCUT2D eigenvalue weighted by Gasteiger charge is 2.20. The molecule has 2 heteroatoms. The van der Waals surface area contributed by atoms with Crippen molar-refractivity contribution in [1.82, 2.24) is 4.57 Å². The van der Waals surface area contributed by atoms with E-state index >= 15 is 0 Å². The zero-order chi connectivity index (χ0) is 41.0. The van der Waals surface area contributed by atoms with Crippen molar-refractivity contribution in [3.05, 3.63) is 243 Å². The number of rotatable bonds is 7. The van der Waals surface area contributed by atoms with E-state index < -0.39 is 0 Å². The molecule has 290 valence electrons. The molecule has 62 heavy (non-hydrogen) atoms. The van der Waals surface area contributed by atoms with Crippen LogP contribution in [0.25, 0.3) is 93.2 Å². The molecule has 1 aromatic heterocycles. The van der Waals surface area contributed by atoms with Gasteiger partial charge in [-0.15, -0.1) is 0 Å². The van der Waals surface area contributed by atoms with Crippen molar-refractivity contribution < 1.29 is 0 Å². The summed E-state index contributed by atoms with van der Waals surface area (Å²) in [4.78, 5) is 2.43. The summed E-state index contributed by atoms with van der Waals surface area (Å²) >= 11 is 0. The van der Waals surface area contributed by atoms with Gasteiger partial charge in [0.15, 0.2) is 0 Å². The molecule has 0 spiro atoms. The Kier molecular flexibility index (Phi) is 8.53. The Bertz CT molecular complexity index is 3590. The predicted molar refractivity (Wildman–Crippen MR) is 264 cm³/mol. The van der Waals surface area contributed by atoms with Crippen LogP contribution in [-0.4, -0.2) is 4.57 Å². The zero-order valence-electron chi connectivity index (χ0n) is 34.0. The lowest BCUT2D eigenvalue weighted by Gasteiger charge is -2.28. The first kappa shape index (κ1) is 35.7. The minimum atomic E-state index is 1.09. The summed E-state index contributed by atoms with van der Waals surface area (Å²) in [5, 5.41) is 9.92. The smallest absolute Gasteiger partial charge is 0.0541 e. The third kappa shape index (κ3) is 5.96. The standard InChI is InChI=1S/C60H40N2/c1-3-23-49-42(15-1)17-13-29-51(49)45-20-12-21-47(40-45)61(60-38-37-54(53-25-5-6-26-55(53)60)52-30-14-18-43-16-2-4-24-50(43)52)46-35-33-41(34-36-46)44-19-11-22-48(39-44)62-58-31-9-7-27-56(58)57-28-8-10-32-59(57)62/h1-40H. The number of nitrogens with zero attached hydrogens (tertiary/aromatic N) is 2. The summed E-state index contributed by atoms with van der Waals surface area (Å²) in [6.45, 7) is 0. The largest absolute Gasteiger partial charge is 0.310 e. The van der Waals surface area contributed by atoms with Crippen LogP contribution < -0.4 is 4.90 Å². The molecular formula is C60H40N2. The molecule has 12 rings (SSSR count). The Morgan fingerprint density at radius 1 is 0.274 bits per heavy atom. The number of aromatic nitrogens is 1. The molecule has 0 saturated carbocycles. The first-order valence-electron chi connectivity index (χ1n) is 21.3. The second kappa shape index (κ2) is 14.8. The normalized spacial score (nSPS) is 11.5. The van der Waals surface area contributed by atoms with Crippen LogP contribution in [0.4, 0.5) is 17.1 Å². The molecule has 0 N–H and O–H groups in total. The quantitative estimate of drug-likeness (QED) is 0.156. The number of fused-ring (bicyclic) bond motifs is 6. The highest BCUT2D eigenvalue weighted by Crippen LogP contribution is 2.45. The van der Waals surface area contributed by atoms with Crippen LogP contribution in [0.1, 0.15) is 0 Å². The Balaban J connectivity index is 1.01. The van der Waals surface area contributed by atoms with E-state index in [0.29, 0.717) is 0 Å². The lowest BCUT2D eigenvalue weighted by molar-refractivity contribution is 1.18. The van der Waals surface area contributed by atoms with Gasteiger partial charge in [0.05, 0.1) is 16.7 Å². The molecule has 2 nitrogen and oxygen atoms in total. The average Bonchev–Trinajstić information content (AvgIpc) is 3.69. The maximum atomic E-state index is 2.43. The predicted octanol–water partition coefficient (Wildman–Crippen LogP) is 16.7. The molecule has 0 bridgehead atoms. The number of benzene rings is 11. The minimum Gasteiger partial charge on any atom is -0.310 e.